The zero-order valence-electron chi connectivity index (χ0n) is 16.1. The van der Waals surface area contributed by atoms with E-state index in [2.05, 4.69) is 38.3 Å². The normalized spacial score (nSPS) is 26.9. The molecule has 0 aromatic heterocycles. The van der Waals surface area contributed by atoms with E-state index in [1.165, 1.54) is 0 Å². The standard InChI is InChI=1S/C19H33N3O3/c1-5-6-7-12-20-15(23)13-22-16(24)19(21-17(22)25)10-8-14(9-11-19)18(2,3)4/h14H,5-13H2,1-4H3,(H,20,23)(H,21,25). The summed E-state index contributed by atoms with van der Waals surface area (Å²) in [5.41, 5.74) is -0.577. The van der Waals surface area contributed by atoms with Crippen molar-refractivity contribution in [3.05, 3.63) is 0 Å². The van der Waals surface area contributed by atoms with Gasteiger partial charge in [-0.15, -0.1) is 0 Å². The van der Waals surface area contributed by atoms with E-state index in [1.807, 2.05) is 0 Å². The first-order chi connectivity index (χ1) is 11.7. The minimum Gasteiger partial charge on any atom is -0.355 e. The molecular formula is C19H33N3O3. The summed E-state index contributed by atoms with van der Waals surface area (Å²) in [6.45, 7) is 9.18. The molecular weight excluding hydrogens is 318 g/mol. The van der Waals surface area contributed by atoms with Crippen molar-refractivity contribution in [1.29, 1.82) is 0 Å². The van der Waals surface area contributed by atoms with Crippen LogP contribution in [0.5, 0.6) is 0 Å². The molecule has 2 N–H and O–H groups in total. The van der Waals surface area contributed by atoms with Crippen molar-refractivity contribution in [2.24, 2.45) is 11.3 Å². The van der Waals surface area contributed by atoms with Gasteiger partial charge in [-0.25, -0.2) is 4.79 Å². The molecule has 2 rings (SSSR count). The van der Waals surface area contributed by atoms with Crippen LogP contribution < -0.4 is 10.6 Å². The van der Waals surface area contributed by atoms with Gasteiger partial charge in [-0.3, -0.25) is 14.5 Å². The largest absolute Gasteiger partial charge is 0.355 e. The number of nitrogens with zero attached hydrogens (tertiary/aromatic N) is 1. The molecule has 0 unspecified atom stereocenters. The number of nitrogens with one attached hydrogen (secondary N) is 2. The summed E-state index contributed by atoms with van der Waals surface area (Å²) in [5.74, 6) is 0.0624. The fraction of sp³-hybridized carbons (Fsp3) is 0.842. The van der Waals surface area contributed by atoms with Crippen molar-refractivity contribution in [3.8, 4) is 0 Å². The second kappa shape index (κ2) is 7.75. The number of amides is 4. The Morgan fingerprint density at radius 2 is 1.88 bits per heavy atom. The van der Waals surface area contributed by atoms with E-state index < -0.39 is 11.6 Å². The third-order valence-electron chi connectivity index (χ3n) is 5.71. The molecule has 2 fully saturated rings. The Bertz CT molecular complexity index is 516. The van der Waals surface area contributed by atoms with Gasteiger partial charge in [-0.1, -0.05) is 40.5 Å². The number of carbonyl (C=O) groups excluding carboxylic acids is 3. The van der Waals surface area contributed by atoms with Crippen LogP contribution in [0.3, 0.4) is 0 Å². The number of hydrogen-bond acceptors (Lipinski definition) is 3. The Hall–Kier alpha value is -1.59. The maximum absolute atomic E-state index is 12.8. The molecule has 1 saturated carbocycles. The van der Waals surface area contributed by atoms with Crippen molar-refractivity contribution in [2.45, 2.75) is 78.2 Å². The van der Waals surface area contributed by atoms with Crippen LogP contribution in [0, 0.1) is 11.3 Å². The van der Waals surface area contributed by atoms with Gasteiger partial charge in [0.1, 0.15) is 12.1 Å². The summed E-state index contributed by atoms with van der Waals surface area (Å²) < 4.78 is 0. The minimum absolute atomic E-state index is 0.179. The first-order valence-electron chi connectivity index (χ1n) is 9.60. The number of rotatable bonds is 6. The maximum Gasteiger partial charge on any atom is 0.325 e. The van der Waals surface area contributed by atoms with Gasteiger partial charge in [-0.05, 0) is 43.4 Å². The highest BCUT2D eigenvalue weighted by atomic mass is 16.2. The van der Waals surface area contributed by atoms with E-state index in [4.69, 9.17) is 0 Å². The number of unbranched alkanes of at least 4 members (excludes halogenated alkanes) is 2. The number of carbonyl (C=O) groups is 3. The Labute approximate surface area is 151 Å². The summed E-state index contributed by atoms with van der Waals surface area (Å²) in [6, 6.07) is -0.428. The minimum atomic E-state index is -0.790. The molecule has 0 bridgehead atoms. The van der Waals surface area contributed by atoms with E-state index in [0.717, 1.165) is 37.0 Å². The Morgan fingerprint density at radius 3 is 2.44 bits per heavy atom. The van der Waals surface area contributed by atoms with Gasteiger partial charge >= 0.3 is 6.03 Å². The molecule has 1 heterocycles. The number of imide groups is 1. The Morgan fingerprint density at radius 1 is 1.24 bits per heavy atom. The van der Waals surface area contributed by atoms with Gasteiger partial charge in [0.25, 0.3) is 5.91 Å². The molecule has 1 aliphatic heterocycles. The van der Waals surface area contributed by atoms with Crippen molar-refractivity contribution in [3.63, 3.8) is 0 Å². The lowest BCUT2D eigenvalue weighted by Crippen LogP contribution is -2.51. The van der Waals surface area contributed by atoms with Crippen molar-refractivity contribution < 1.29 is 14.4 Å². The second-order valence-electron chi connectivity index (χ2n) is 8.60. The topological polar surface area (TPSA) is 78.5 Å². The van der Waals surface area contributed by atoms with Gasteiger partial charge < -0.3 is 10.6 Å². The first kappa shape index (κ1) is 19.7. The molecule has 0 aromatic carbocycles. The molecule has 1 saturated heterocycles. The predicted molar refractivity (Wildman–Crippen MR) is 96.9 cm³/mol. The number of urea groups is 1. The molecule has 142 valence electrons. The van der Waals surface area contributed by atoms with E-state index in [1.54, 1.807) is 0 Å². The lowest BCUT2D eigenvalue weighted by atomic mass is 9.67. The highest BCUT2D eigenvalue weighted by Gasteiger charge is 2.53. The summed E-state index contributed by atoms with van der Waals surface area (Å²) >= 11 is 0. The van der Waals surface area contributed by atoms with E-state index >= 15 is 0 Å². The predicted octanol–water partition coefficient (Wildman–Crippen LogP) is 2.82. The zero-order valence-corrected chi connectivity index (χ0v) is 16.1. The molecule has 0 atom stereocenters. The van der Waals surface area contributed by atoms with Crippen molar-refractivity contribution in [1.82, 2.24) is 15.5 Å². The third kappa shape index (κ3) is 4.53. The monoisotopic (exact) mass is 351 g/mol. The SMILES string of the molecule is CCCCCNC(=O)CN1C(=O)NC2(CCC(C(C)(C)C)CC2)C1=O. The van der Waals surface area contributed by atoms with Crippen LogP contribution in [-0.2, 0) is 9.59 Å². The van der Waals surface area contributed by atoms with Crippen LogP contribution in [0.1, 0.15) is 72.6 Å². The van der Waals surface area contributed by atoms with Gasteiger partial charge in [0.15, 0.2) is 0 Å². The summed E-state index contributed by atoms with van der Waals surface area (Å²) in [7, 11) is 0. The fourth-order valence-corrected chi connectivity index (χ4v) is 3.94. The summed E-state index contributed by atoms with van der Waals surface area (Å²) in [5, 5.41) is 5.67. The van der Waals surface area contributed by atoms with E-state index in [9.17, 15) is 14.4 Å². The van der Waals surface area contributed by atoms with E-state index in [0.29, 0.717) is 25.3 Å². The van der Waals surface area contributed by atoms with E-state index in [-0.39, 0.29) is 23.8 Å². The molecule has 2 aliphatic rings. The average Bonchev–Trinajstić information content (AvgIpc) is 2.75. The van der Waals surface area contributed by atoms with Gasteiger partial charge in [0.05, 0.1) is 0 Å². The van der Waals surface area contributed by atoms with Crippen LogP contribution in [0.4, 0.5) is 4.79 Å². The zero-order chi connectivity index (χ0) is 18.7. The second-order valence-corrected chi connectivity index (χ2v) is 8.60. The molecule has 1 spiro atoms. The molecule has 6 nitrogen and oxygen atoms in total. The van der Waals surface area contributed by atoms with Crippen LogP contribution in [0.25, 0.3) is 0 Å². The summed E-state index contributed by atoms with van der Waals surface area (Å²) in [4.78, 5) is 38.2. The lowest BCUT2D eigenvalue weighted by molar-refractivity contribution is -0.136. The van der Waals surface area contributed by atoms with Crippen LogP contribution in [-0.4, -0.2) is 41.4 Å². The molecule has 4 amide bonds. The fourth-order valence-electron chi connectivity index (χ4n) is 3.94. The van der Waals surface area contributed by atoms with Crippen LogP contribution in [0.15, 0.2) is 0 Å². The number of hydrogen-bond donors (Lipinski definition) is 2. The Balaban J connectivity index is 1.91. The average molecular weight is 351 g/mol. The molecule has 1 aliphatic carbocycles. The third-order valence-corrected chi connectivity index (χ3v) is 5.71. The molecule has 0 aromatic rings. The van der Waals surface area contributed by atoms with Gasteiger partial charge in [0, 0.05) is 6.54 Å². The van der Waals surface area contributed by atoms with Crippen molar-refractivity contribution in [2.75, 3.05) is 13.1 Å². The lowest BCUT2D eigenvalue weighted by Gasteiger charge is -2.40. The van der Waals surface area contributed by atoms with Crippen molar-refractivity contribution >= 4 is 17.8 Å². The molecule has 25 heavy (non-hydrogen) atoms. The first-order valence-corrected chi connectivity index (χ1v) is 9.60. The van der Waals surface area contributed by atoms with Gasteiger partial charge in [-0.2, -0.15) is 0 Å². The Kier molecular flexibility index (Phi) is 6.12. The highest BCUT2D eigenvalue weighted by molar-refractivity contribution is 6.09. The highest BCUT2D eigenvalue weighted by Crippen LogP contribution is 2.43. The smallest absolute Gasteiger partial charge is 0.325 e. The van der Waals surface area contributed by atoms with Crippen LogP contribution >= 0.6 is 0 Å². The quantitative estimate of drug-likeness (QED) is 0.570. The molecule has 6 heteroatoms. The maximum atomic E-state index is 12.8. The van der Waals surface area contributed by atoms with Crippen LogP contribution in [0.2, 0.25) is 0 Å². The molecule has 0 radical (unpaired) electrons. The summed E-state index contributed by atoms with van der Waals surface area (Å²) in [6.07, 6.45) is 6.23. The van der Waals surface area contributed by atoms with Gasteiger partial charge in [0.2, 0.25) is 5.91 Å².